The Bertz CT molecular complexity index is 676. The van der Waals surface area contributed by atoms with E-state index in [1.165, 1.54) is 20.3 Å². The molecule has 0 atom stereocenters. The second-order valence-corrected chi connectivity index (χ2v) is 4.15. The zero-order valence-corrected chi connectivity index (χ0v) is 11.4. The highest BCUT2D eigenvalue weighted by molar-refractivity contribution is 5.69. The van der Waals surface area contributed by atoms with Gasteiger partial charge in [0.25, 0.3) is 5.69 Å². The summed E-state index contributed by atoms with van der Waals surface area (Å²) in [5.74, 6) is 0.378. The fraction of sp³-hybridized carbons (Fsp3) is 0.143. The number of rotatable bonds is 5. The van der Waals surface area contributed by atoms with Crippen LogP contribution in [0.5, 0.6) is 11.5 Å². The van der Waals surface area contributed by atoms with Gasteiger partial charge in [0.15, 0.2) is 0 Å². The van der Waals surface area contributed by atoms with Crippen molar-refractivity contribution in [2.24, 2.45) is 0 Å². The van der Waals surface area contributed by atoms with Crippen molar-refractivity contribution in [2.75, 3.05) is 19.5 Å². The molecule has 2 aromatic rings. The van der Waals surface area contributed by atoms with Crippen molar-refractivity contribution in [1.29, 1.82) is 0 Å². The van der Waals surface area contributed by atoms with Crippen molar-refractivity contribution in [1.82, 2.24) is 0 Å². The minimum Gasteiger partial charge on any atom is -0.497 e. The Balaban J connectivity index is 2.35. The van der Waals surface area contributed by atoms with E-state index in [9.17, 15) is 14.5 Å². The zero-order chi connectivity index (χ0) is 15.4. The first-order valence-electron chi connectivity index (χ1n) is 5.97. The van der Waals surface area contributed by atoms with Gasteiger partial charge in [0.05, 0.1) is 30.9 Å². The molecule has 0 saturated carbocycles. The number of nitrogens with zero attached hydrogens (tertiary/aromatic N) is 1. The van der Waals surface area contributed by atoms with Gasteiger partial charge >= 0.3 is 0 Å². The molecule has 0 aliphatic heterocycles. The number of hydrogen-bond acceptors (Lipinski definition) is 5. The van der Waals surface area contributed by atoms with Gasteiger partial charge in [-0.15, -0.1) is 0 Å². The molecule has 0 aromatic heterocycles. The van der Waals surface area contributed by atoms with Crippen molar-refractivity contribution in [3.63, 3.8) is 0 Å². The van der Waals surface area contributed by atoms with Gasteiger partial charge in [-0.05, 0) is 18.2 Å². The molecule has 0 unspecified atom stereocenters. The second-order valence-electron chi connectivity index (χ2n) is 4.15. The van der Waals surface area contributed by atoms with Crippen LogP contribution in [0.25, 0.3) is 0 Å². The Morgan fingerprint density at radius 2 is 1.90 bits per heavy atom. The van der Waals surface area contributed by atoms with Crippen LogP contribution in [0.2, 0.25) is 0 Å². The Morgan fingerprint density at radius 1 is 1.14 bits per heavy atom. The number of nitrogens with one attached hydrogen (secondary N) is 1. The van der Waals surface area contributed by atoms with Gasteiger partial charge in [0, 0.05) is 17.8 Å². The van der Waals surface area contributed by atoms with Crippen molar-refractivity contribution >= 4 is 17.1 Å². The molecule has 0 saturated heterocycles. The highest BCUT2D eigenvalue weighted by Gasteiger charge is 2.11. The average Bonchev–Trinajstić information content (AvgIpc) is 2.47. The molecular weight excluding hydrogens is 279 g/mol. The minimum absolute atomic E-state index is 0.255. The Morgan fingerprint density at radius 3 is 2.52 bits per heavy atom. The molecule has 0 radical (unpaired) electrons. The maximum atomic E-state index is 13.4. The average molecular weight is 292 g/mol. The molecule has 0 fully saturated rings. The highest BCUT2D eigenvalue weighted by atomic mass is 19.1. The Kier molecular flexibility index (Phi) is 4.22. The molecule has 0 aliphatic rings. The molecule has 0 aliphatic carbocycles. The molecule has 21 heavy (non-hydrogen) atoms. The number of anilines is 2. The summed E-state index contributed by atoms with van der Waals surface area (Å²) in [7, 11) is 3.01. The van der Waals surface area contributed by atoms with E-state index in [-0.39, 0.29) is 11.4 Å². The molecule has 0 amide bonds. The third kappa shape index (κ3) is 3.38. The van der Waals surface area contributed by atoms with Crippen LogP contribution in [0.4, 0.5) is 21.5 Å². The van der Waals surface area contributed by atoms with Crippen molar-refractivity contribution < 1.29 is 18.8 Å². The third-order valence-electron chi connectivity index (χ3n) is 2.78. The van der Waals surface area contributed by atoms with Gasteiger partial charge in [-0.25, -0.2) is 4.39 Å². The van der Waals surface area contributed by atoms with E-state index >= 15 is 0 Å². The quantitative estimate of drug-likeness (QED) is 0.674. The first kappa shape index (κ1) is 14.6. The SMILES string of the molecule is COc1ccc(Nc2cc(F)cc([N+](=O)[O-])c2)c(OC)c1. The summed E-state index contributed by atoms with van der Waals surface area (Å²) in [6.07, 6.45) is 0. The smallest absolute Gasteiger partial charge is 0.274 e. The monoisotopic (exact) mass is 292 g/mol. The van der Waals surface area contributed by atoms with Crippen LogP contribution in [-0.4, -0.2) is 19.1 Å². The summed E-state index contributed by atoms with van der Waals surface area (Å²) in [5.41, 5.74) is 0.466. The number of nitro benzene ring substituents is 1. The van der Waals surface area contributed by atoms with Gasteiger partial charge in [-0.2, -0.15) is 0 Å². The normalized spacial score (nSPS) is 10.0. The number of non-ortho nitro benzene ring substituents is 1. The molecule has 7 heteroatoms. The molecule has 2 aromatic carbocycles. The summed E-state index contributed by atoms with van der Waals surface area (Å²) >= 11 is 0. The van der Waals surface area contributed by atoms with Crippen molar-refractivity contribution in [3.8, 4) is 11.5 Å². The van der Waals surface area contributed by atoms with E-state index in [1.807, 2.05) is 0 Å². The lowest BCUT2D eigenvalue weighted by atomic mass is 10.2. The fourth-order valence-electron chi connectivity index (χ4n) is 1.81. The number of halogens is 1. The summed E-state index contributed by atoms with van der Waals surface area (Å²) < 4.78 is 23.7. The van der Waals surface area contributed by atoms with Crippen LogP contribution >= 0.6 is 0 Å². The largest absolute Gasteiger partial charge is 0.497 e. The lowest BCUT2D eigenvalue weighted by Gasteiger charge is -2.12. The molecule has 110 valence electrons. The van der Waals surface area contributed by atoms with Crippen LogP contribution in [0.15, 0.2) is 36.4 Å². The van der Waals surface area contributed by atoms with E-state index in [4.69, 9.17) is 9.47 Å². The van der Waals surface area contributed by atoms with Crippen LogP contribution < -0.4 is 14.8 Å². The predicted octanol–water partition coefficient (Wildman–Crippen LogP) is 3.49. The summed E-state index contributed by atoms with van der Waals surface area (Å²) in [6.45, 7) is 0. The third-order valence-corrected chi connectivity index (χ3v) is 2.78. The number of ether oxygens (including phenoxy) is 2. The van der Waals surface area contributed by atoms with Crippen LogP contribution in [0.3, 0.4) is 0 Å². The number of nitro groups is 1. The Labute approximate surface area is 120 Å². The first-order chi connectivity index (χ1) is 10.0. The standard InChI is InChI=1S/C14H13FN2O4/c1-20-12-3-4-13(14(8-12)21-2)16-10-5-9(15)6-11(7-10)17(18)19/h3-8,16H,1-2H3. The number of hydrogen-bond donors (Lipinski definition) is 1. The maximum absolute atomic E-state index is 13.4. The van der Waals surface area contributed by atoms with Gasteiger partial charge in [-0.1, -0.05) is 0 Å². The first-order valence-corrected chi connectivity index (χ1v) is 5.97. The van der Waals surface area contributed by atoms with E-state index in [2.05, 4.69) is 5.32 Å². The van der Waals surface area contributed by atoms with Gasteiger partial charge in [-0.3, -0.25) is 10.1 Å². The molecule has 2 rings (SSSR count). The molecule has 1 N–H and O–H groups in total. The van der Waals surface area contributed by atoms with Crippen LogP contribution in [0, 0.1) is 15.9 Å². The van der Waals surface area contributed by atoms with Gasteiger partial charge in [0.2, 0.25) is 0 Å². The van der Waals surface area contributed by atoms with E-state index in [0.29, 0.717) is 17.2 Å². The lowest BCUT2D eigenvalue weighted by Crippen LogP contribution is -1.97. The van der Waals surface area contributed by atoms with Crippen molar-refractivity contribution in [3.05, 3.63) is 52.3 Å². The molecule has 0 heterocycles. The highest BCUT2D eigenvalue weighted by Crippen LogP contribution is 2.32. The zero-order valence-electron chi connectivity index (χ0n) is 11.4. The lowest BCUT2D eigenvalue weighted by molar-refractivity contribution is -0.385. The summed E-state index contributed by atoms with van der Waals surface area (Å²) in [5, 5.41) is 13.6. The molecule has 0 bridgehead atoms. The van der Waals surface area contributed by atoms with Gasteiger partial charge in [0.1, 0.15) is 17.3 Å². The maximum Gasteiger partial charge on any atom is 0.274 e. The molecule has 0 spiro atoms. The van der Waals surface area contributed by atoms with E-state index in [0.717, 1.165) is 12.1 Å². The molecular formula is C14H13FN2O4. The minimum atomic E-state index is -0.695. The van der Waals surface area contributed by atoms with Crippen LogP contribution in [-0.2, 0) is 0 Å². The summed E-state index contributed by atoms with van der Waals surface area (Å²) in [4.78, 5) is 10.1. The number of benzene rings is 2. The topological polar surface area (TPSA) is 73.6 Å². The number of methoxy groups -OCH3 is 2. The van der Waals surface area contributed by atoms with Crippen molar-refractivity contribution in [2.45, 2.75) is 0 Å². The Hall–Kier alpha value is -2.83. The predicted molar refractivity (Wildman–Crippen MR) is 75.9 cm³/mol. The fourth-order valence-corrected chi connectivity index (χ4v) is 1.81. The second kappa shape index (κ2) is 6.08. The van der Waals surface area contributed by atoms with E-state index in [1.54, 1.807) is 18.2 Å². The van der Waals surface area contributed by atoms with E-state index < -0.39 is 10.7 Å². The van der Waals surface area contributed by atoms with Gasteiger partial charge < -0.3 is 14.8 Å². The summed E-state index contributed by atoms with van der Waals surface area (Å²) in [6, 6.07) is 8.28. The molecule has 6 nitrogen and oxygen atoms in total. The van der Waals surface area contributed by atoms with Crippen LogP contribution in [0.1, 0.15) is 0 Å².